The molecule has 1 unspecified atom stereocenters. The van der Waals surface area contributed by atoms with Crippen LogP contribution in [0.5, 0.6) is 5.75 Å². The van der Waals surface area contributed by atoms with Crippen LogP contribution in [0.1, 0.15) is 25.3 Å². The molecule has 1 atom stereocenters. The standard InChI is InChI=1S/C14H22N2O2/c1-3-8-16-13(14(15)17)7-9-18-12-6-4-5-11(2)10-12/h4-6,10,13,16H,3,7-9H2,1-2H3,(H2,15,17). The number of nitrogens with one attached hydrogen (secondary N) is 1. The number of amides is 1. The number of ether oxygens (including phenoxy) is 1. The minimum Gasteiger partial charge on any atom is -0.494 e. The number of aryl methyl sites for hydroxylation is 1. The molecule has 0 heterocycles. The first-order valence-corrected chi connectivity index (χ1v) is 6.35. The van der Waals surface area contributed by atoms with Crippen LogP contribution >= 0.6 is 0 Å². The molecule has 0 spiro atoms. The largest absolute Gasteiger partial charge is 0.494 e. The lowest BCUT2D eigenvalue weighted by atomic mass is 10.2. The van der Waals surface area contributed by atoms with Gasteiger partial charge in [-0.3, -0.25) is 4.79 Å². The number of hydrogen-bond donors (Lipinski definition) is 2. The van der Waals surface area contributed by atoms with Crippen molar-refractivity contribution in [3.8, 4) is 5.75 Å². The van der Waals surface area contributed by atoms with Crippen LogP contribution in [0.4, 0.5) is 0 Å². The van der Waals surface area contributed by atoms with E-state index < -0.39 is 0 Å². The van der Waals surface area contributed by atoms with Gasteiger partial charge in [-0.05, 0) is 37.6 Å². The summed E-state index contributed by atoms with van der Waals surface area (Å²) in [5.74, 6) is 0.505. The lowest BCUT2D eigenvalue weighted by molar-refractivity contribution is -0.120. The molecule has 1 amide bonds. The summed E-state index contributed by atoms with van der Waals surface area (Å²) in [4.78, 5) is 11.2. The summed E-state index contributed by atoms with van der Waals surface area (Å²) in [5, 5.41) is 3.11. The van der Waals surface area contributed by atoms with E-state index in [1.54, 1.807) is 0 Å². The number of nitrogens with two attached hydrogens (primary N) is 1. The number of carbonyl (C=O) groups excluding carboxylic acids is 1. The SMILES string of the molecule is CCCNC(CCOc1cccc(C)c1)C(N)=O. The van der Waals surface area contributed by atoms with Crippen LogP contribution in [0.2, 0.25) is 0 Å². The third-order valence-corrected chi connectivity index (χ3v) is 2.65. The summed E-state index contributed by atoms with van der Waals surface area (Å²) >= 11 is 0. The number of rotatable bonds is 8. The Labute approximate surface area is 109 Å². The monoisotopic (exact) mass is 250 g/mol. The molecular weight excluding hydrogens is 228 g/mol. The third kappa shape index (κ3) is 5.19. The summed E-state index contributed by atoms with van der Waals surface area (Å²) in [7, 11) is 0. The fourth-order valence-electron chi connectivity index (χ4n) is 1.66. The van der Waals surface area contributed by atoms with Crippen LogP contribution < -0.4 is 15.8 Å². The molecule has 0 aromatic heterocycles. The molecule has 1 aromatic carbocycles. The molecule has 1 rings (SSSR count). The van der Waals surface area contributed by atoms with Gasteiger partial charge >= 0.3 is 0 Å². The van der Waals surface area contributed by atoms with Gasteiger partial charge in [0.25, 0.3) is 0 Å². The lowest BCUT2D eigenvalue weighted by Crippen LogP contribution is -2.42. The van der Waals surface area contributed by atoms with E-state index in [4.69, 9.17) is 10.5 Å². The van der Waals surface area contributed by atoms with E-state index >= 15 is 0 Å². The molecule has 4 nitrogen and oxygen atoms in total. The Balaban J connectivity index is 2.36. The summed E-state index contributed by atoms with van der Waals surface area (Å²) in [6.07, 6.45) is 1.56. The van der Waals surface area contributed by atoms with E-state index in [-0.39, 0.29) is 11.9 Å². The first-order valence-electron chi connectivity index (χ1n) is 6.35. The van der Waals surface area contributed by atoms with Crippen LogP contribution in [0.15, 0.2) is 24.3 Å². The second-order valence-corrected chi connectivity index (χ2v) is 4.36. The van der Waals surface area contributed by atoms with Gasteiger partial charge in [-0.25, -0.2) is 0 Å². The highest BCUT2D eigenvalue weighted by molar-refractivity contribution is 5.79. The van der Waals surface area contributed by atoms with Gasteiger partial charge in [-0.1, -0.05) is 19.1 Å². The van der Waals surface area contributed by atoms with Gasteiger partial charge in [0.1, 0.15) is 5.75 Å². The fourth-order valence-corrected chi connectivity index (χ4v) is 1.66. The van der Waals surface area contributed by atoms with Crippen molar-refractivity contribution in [3.05, 3.63) is 29.8 Å². The van der Waals surface area contributed by atoms with Crippen molar-refractivity contribution < 1.29 is 9.53 Å². The molecule has 0 aliphatic heterocycles. The zero-order valence-electron chi connectivity index (χ0n) is 11.1. The van der Waals surface area contributed by atoms with Gasteiger partial charge < -0.3 is 15.8 Å². The van der Waals surface area contributed by atoms with Crippen molar-refractivity contribution >= 4 is 5.91 Å². The number of primary amides is 1. The fraction of sp³-hybridized carbons (Fsp3) is 0.500. The van der Waals surface area contributed by atoms with E-state index in [1.165, 1.54) is 0 Å². The van der Waals surface area contributed by atoms with E-state index in [0.717, 1.165) is 24.3 Å². The van der Waals surface area contributed by atoms with Crippen molar-refractivity contribution in [3.63, 3.8) is 0 Å². The number of benzene rings is 1. The Morgan fingerprint density at radius 2 is 2.28 bits per heavy atom. The maximum absolute atomic E-state index is 11.2. The summed E-state index contributed by atoms with van der Waals surface area (Å²) in [6.45, 7) is 5.34. The van der Waals surface area contributed by atoms with Crippen LogP contribution in [0.3, 0.4) is 0 Å². The van der Waals surface area contributed by atoms with Gasteiger partial charge in [-0.2, -0.15) is 0 Å². The Hall–Kier alpha value is -1.55. The normalized spacial score (nSPS) is 12.1. The topological polar surface area (TPSA) is 64.3 Å². The van der Waals surface area contributed by atoms with Crippen molar-refractivity contribution in [1.29, 1.82) is 0 Å². The highest BCUT2D eigenvalue weighted by Crippen LogP contribution is 2.12. The molecular formula is C14H22N2O2. The highest BCUT2D eigenvalue weighted by atomic mass is 16.5. The predicted molar refractivity (Wildman–Crippen MR) is 72.6 cm³/mol. The average Bonchev–Trinajstić information content (AvgIpc) is 2.33. The maximum Gasteiger partial charge on any atom is 0.234 e. The Bertz CT molecular complexity index is 380. The maximum atomic E-state index is 11.2. The molecule has 0 saturated carbocycles. The van der Waals surface area contributed by atoms with Crippen LogP contribution in [-0.4, -0.2) is 25.1 Å². The molecule has 0 bridgehead atoms. The molecule has 0 radical (unpaired) electrons. The van der Waals surface area contributed by atoms with Crippen molar-refractivity contribution in [2.24, 2.45) is 5.73 Å². The van der Waals surface area contributed by atoms with E-state index in [9.17, 15) is 4.79 Å². The van der Waals surface area contributed by atoms with E-state index in [2.05, 4.69) is 5.32 Å². The molecule has 100 valence electrons. The lowest BCUT2D eigenvalue weighted by Gasteiger charge is -2.15. The highest BCUT2D eigenvalue weighted by Gasteiger charge is 2.13. The van der Waals surface area contributed by atoms with Crippen LogP contribution in [0, 0.1) is 6.92 Å². The molecule has 0 saturated heterocycles. The van der Waals surface area contributed by atoms with Gasteiger partial charge in [0, 0.05) is 6.42 Å². The van der Waals surface area contributed by atoms with Crippen molar-refractivity contribution in [2.75, 3.05) is 13.2 Å². The summed E-state index contributed by atoms with van der Waals surface area (Å²) in [6, 6.07) is 7.53. The van der Waals surface area contributed by atoms with Gasteiger partial charge in [-0.15, -0.1) is 0 Å². The average molecular weight is 250 g/mol. The molecule has 0 aliphatic carbocycles. The Morgan fingerprint density at radius 3 is 2.89 bits per heavy atom. The second-order valence-electron chi connectivity index (χ2n) is 4.36. The molecule has 1 aromatic rings. The molecule has 18 heavy (non-hydrogen) atoms. The Kier molecular flexibility index (Phi) is 6.22. The smallest absolute Gasteiger partial charge is 0.234 e. The predicted octanol–water partition coefficient (Wildman–Crippen LogP) is 1.62. The third-order valence-electron chi connectivity index (χ3n) is 2.65. The molecule has 3 N–H and O–H groups in total. The first-order chi connectivity index (χ1) is 8.63. The van der Waals surface area contributed by atoms with Crippen molar-refractivity contribution in [1.82, 2.24) is 5.32 Å². The summed E-state index contributed by atoms with van der Waals surface area (Å²) in [5.41, 5.74) is 6.48. The zero-order chi connectivity index (χ0) is 13.4. The van der Waals surface area contributed by atoms with Crippen LogP contribution in [0.25, 0.3) is 0 Å². The molecule has 0 aliphatic rings. The minimum atomic E-state index is -0.323. The van der Waals surface area contributed by atoms with Crippen LogP contribution in [-0.2, 0) is 4.79 Å². The van der Waals surface area contributed by atoms with E-state index in [1.807, 2.05) is 38.1 Å². The quantitative estimate of drug-likeness (QED) is 0.737. The van der Waals surface area contributed by atoms with Crippen molar-refractivity contribution in [2.45, 2.75) is 32.7 Å². The summed E-state index contributed by atoms with van der Waals surface area (Å²) < 4.78 is 5.60. The Morgan fingerprint density at radius 1 is 1.50 bits per heavy atom. The second kappa shape index (κ2) is 7.71. The first kappa shape index (κ1) is 14.5. The molecule has 4 heteroatoms. The number of hydrogen-bond acceptors (Lipinski definition) is 3. The zero-order valence-corrected chi connectivity index (χ0v) is 11.1. The van der Waals surface area contributed by atoms with E-state index in [0.29, 0.717) is 13.0 Å². The minimum absolute atomic E-state index is 0.310. The number of carbonyl (C=O) groups is 1. The van der Waals surface area contributed by atoms with Gasteiger partial charge in [0.2, 0.25) is 5.91 Å². The van der Waals surface area contributed by atoms with Gasteiger partial charge in [0.05, 0.1) is 12.6 Å². The van der Waals surface area contributed by atoms with Gasteiger partial charge in [0.15, 0.2) is 0 Å². The molecule has 0 fully saturated rings.